The summed E-state index contributed by atoms with van der Waals surface area (Å²) in [6.07, 6.45) is 1.64. The van der Waals surface area contributed by atoms with Gasteiger partial charge in [-0.15, -0.1) is 0 Å². The van der Waals surface area contributed by atoms with Crippen LogP contribution in [0.1, 0.15) is 18.2 Å². The number of thioether (sulfide) groups is 1. The van der Waals surface area contributed by atoms with Gasteiger partial charge in [0.15, 0.2) is 0 Å². The summed E-state index contributed by atoms with van der Waals surface area (Å²) >= 11 is 6.42. The minimum absolute atomic E-state index is 0.00219. The molecule has 1 aliphatic heterocycles. The van der Waals surface area contributed by atoms with E-state index in [1.54, 1.807) is 24.3 Å². The van der Waals surface area contributed by atoms with Gasteiger partial charge in [0.25, 0.3) is 11.6 Å². The number of benzene rings is 1. The van der Waals surface area contributed by atoms with Crippen LogP contribution < -0.4 is 0 Å². The van der Waals surface area contributed by atoms with Crippen LogP contribution in [0.4, 0.5) is 5.69 Å². The third-order valence-electron chi connectivity index (χ3n) is 3.79. The third kappa shape index (κ3) is 3.35. The van der Waals surface area contributed by atoms with Crippen molar-refractivity contribution in [3.05, 3.63) is 56.7 Å². The maximum absolute atomic E-state index is 12.2. The van der Waals surface area contributed by atoms with Gasteiger partial charge in [-0.05, 0) is 31.5 Å². The number of nitrogens with zero attached hydrogens (tertiary/aromatic N) is 2. The van der Waals surface area contributed by atoms with Gasteiger partial charge in [-0.3, -0.25) is 19.8 Å². The lowest BCUT2D eigenvalue weighted by molar-refractivity contribution is -0.384. The average molecular weight is 374 g/mol. The highest BCUT2D eigenvalue weighted by atomic mass is 32.2. The van der Waals surface area contributed by atoms with Crippen molar-refractivity contribution in [1.29, 1.82) is 0 Å². The number of furan rings is 1. The fraction of sp³-hybridized carbons (Fsp3) is 0.176. The number of hydrogen-bond donors (Lipinski definition) is 0. The van der Waals surface area contributed by atoms with Gasteiger partial charge >= 0.3 is 0 Å². The van der Waals surface area contributed by atoms with Crippen LogP contribution in [0.5, 0.6) is 0 Å². The zero-order valence-corrected chi connectivity index (χ0v) is 15.1. The molecular formula is C17H14N2O4S2. The van der Waals surface area contributed by atoms with Crippen LogP contribution in [0.15, 0.2) is 39.7 Å². The molecule has 25 heavy (non-hydrogen) atoms. The van der Waals surface area contributed by atoms with E-state index in [0.717, 1.165) is 5.56 Å². The highest BCUT2D eigenvalue weighted by Gasteiger charge is 2.30. The molecule has 0 aliphatic carbocycles. The lowest BCUT2D eigenvalue weighted by Crippen LogP contribution is -2.27. The van der Waals surface area contributed by atoms with Crippen molar-refractivity contribution in [3.8, 4) is 11.3 Å². The first kappa shape index (κ1) is 17.4. The molecule has 0 radical (unpaired) electrons. The molecule has 8 heteroatoms. The molecule has 1 aromatic carbocycles. The van der Waals surface area contributed by atoms with Gasteiger partial charge in [0, 0.05) is 30.3 Å². The summed E-state index contributed by atoms with van der Waals surface area (Å²) in [5.41, 5.74) is 1.51. The van der Waals surface area contributed by atoms with Gasteiger partial charge in [-0.2, -0.15) is 0 Å². The Hall–Kier alpha value is -2.45. The smallest absolute Gasteiger partial charge is 0.270 e. The van der Waals surface area contributed by atoms with Crippen molar-refractivity contribution >= 4 is 46.0 Å². The van der Waals surface area contributed by atoms with Crippen molar-refractivity contribution < 1.29 is 14.1 Å². The molecule has 0 N–H and O–H groups in total. The van der Waals surface area contributed by atoms with Crippen LogP contribution in [-0.2, 0) is 4.79 Å². The Balaban J connectivity index is 1.93. The first-order chi connectivity index (χ1) is 11.9. The Kier molecular flexibility index (Phi) is 4.73. The van der Waals surface area contributed by atoms with Crippen LogP contribution in [0.2, 0.25) is 0 Å². The predicted molar refractivity (Wildman–Crippen MR) is 101 cm³/mol. The number of carbonyl (C=O) groups excluding carboxylic acids is 1. The summed E-state index contributed by atoms with van der Waals surface area (Å²) in [6, 6.07) is 8.08. The second-order valence-electron chi connectivity index (χ2n) is 5.38. The van der Waals surface area contributed by atoms with Crippen molar-refractivity contribution in [2.45, 2.75) is 13.8 Å². The minimum Gasteiger partial charge on any atom is -0.457 e. The van der Waals surface area contributed by atoms with Crippen LogP contribution >= 0.6 is 24.0 Å². The van der Waals surface area contributed by atoms with Crippen LogP contribution in [-0.4, -0.2) is 26.6 Å². The fourth-order valence-corrected chi connectivity index (χ4v) is 3.83. The molecule has 0 atom stereocenters. The molecule has 1 aliphatic rings. The van der Waals surface area contributed by atoms with E-state index < -0.39 is 4.92 Å². The number of rotatable bonds is 4. The molecule has 128 valence electrons. The highest BCUT2D eigenvalue weighted by Crippen LogP contribution is 2.34. The van der Waals surface area contributed by atoms with Crippen LogP contribution in [0, 0.1) is 17.0 Å². The number of likely N-dealkylation sites (N-methyl/N-ethyl adjacent to an activating group) is 1. The van der Waals surface area contributed by atoms with E-state index in [2.05, 4.69) is 0 Å². The molecule has 3 rings (SSSR count). The van der Waals surface area contributed by atoms with Gasteiger partial charge in [-0.25, -0.2) is 0 Å². The summed E-state index contributed by atoms with van der Waals surface area (Å²) in [7, 11) is 0. The molecule has 6 nitrogen and oxygen atoms in total. The topological polar surface area (TPSA) is 76.6 Å². The molecule has 2 aromatic rings. The highest BCUT2D eigenvalue weighted by molar-refractivity contribution is 8.26. The van der Waals surface area contributed by atoms with Crippen molar-refractivity contribution in [2.75, 3.05) is 6.54 Å². The predicted octanol–water partition coefficient (Wildman–Crippen LogP) is 4.38. The minimum atomic E-state index is -0.442. The number of hydrogen-bond acceptors (Lipinski definition) is 6. The van der Waals surface area contributed by atoms with Crippen LogP contribution in [0.25, 0.3) is 17.4 Å². The molecular weight excluding hydrogens is 360 g/mol. The summed E-state index contributed by atoms with van der Waals surface area (Å²) in [4.78, 5) is 24.8. The van der Waals surface area contributed by atoms with Crippen molar-refractivity contribution in [2.24, 2.45) is 0 Å². The normalized spacial score (nSPS) is 16.1. The summed E-state index contributed by atoms with van der Waals surface area (Å²) in [5, 5.41) is 11.0. The van der Waals surface area contributed by atoms with E-state index in [4.69, 9.17) is 16.6 Å². The van der Waals surface area contributed by atoms with Gasteiger partial charge in [0.2, 0.25) is 0 Å². The maximum Gasteiger partial charge on any atom is 0.270 e. The largest absolute Gasteiger partial charge is 0.457 e. The summed E-state index contributed by atoms with van der Waals surface area (Å²) in [6.45, 7) is 4.25. The number of aryl methyl sites for hydroxylation is 1. The van der Waals surface area contributed by atoms with Crippen LogP contribution in [0.3, 0.4) is 0 Å². The van der Waals surface area contributed by atoms with E-state index in [1.807, 2.05) is 13.8 Å². The number of carbonyl (C=O) groups is 1. The molecule has 1 fully saturated rings. The SMILES string of the molecule is CCN1C(=O)C(=Cc2ccc(-c3cc([N+](=O)[O-])ccc3C)o2)SC1=S. The Labute approximate surface area is 153 Å². The monoisotopic (exact) mass is 374 g/mol. The lowest BCUT2D eigenvalue weighted by Gasteiger charge is -2.09. The number of amides is 1. The molecule has 0 unspecified atom stereocenters. The van der Waals surface area contributed by atoms with Gasteiger partial charge in [0.05, 0.1) is 9.83 Å². The Bertz CT molecular complexity index is 917. The van der Waals surface area contributed by atoms with Crippen molar-refractivity contribution in [3.63, 3.8) is 0 Å². The second kappa shape index (κ2) is 6.81. The Morgan fingerprint density at radius 3 is 2.76 bits per heavy atom. The molecule has 1 saturated heterocycles. The van der Waals surface area contributed by atoms with Crippen molar-refractivity contribution in [1.82, 2.24) is 4.90 Å². The van der Waals surface area contributed by atoms with Gasteiger partial charge < -0.3 is 4.42 Å². The fourth-order valence-electron chi connectivity index (χ4n) is 2.47. The maximum atomic E-state index is 12.2. The molecule has 0 spiro atoms. The molecule has 0 bridgehead atoms. The molecule has 0 saturated carbocycles. The molecule has 1 amide bonds. The van der Waals surface area contributed by atoms with E-state index in [0.29, 0.717) is 32.9 Å². The number of nitro benzene ring substituents is 1. The molecule has 1 aromatic heterocycles. The standard InChI is InChI=1S/C17H14N2O4S2/c1-3-18-16(20)15(25-17(18)24)9-12-6-7-14(23-12)13-8-11(19(21)22)5-4-10(13)2/h4-9H,3H2,1-2H3. The number of nitro groups is 1. The number of thiocarbonyl (C=S) groups is 1. The van der Waals surface area contributed by atoms with Gasteiger partial charge in [-0.1, -0.05) is 30.0 Å². The lowest BCUT2D eigenvalue weighted by atomic mass is 10.1. The zero-order valence-electron chi connectivity index (χ0n) is 13.5. The van der Waals surface area contributed by atoms with E-state index in [-0.39, 0.29) is 11.6 Å². The van der Waals surface area contributed by atoms with E-state index in [1.165, 1.54) is 28.8 Å². The number of non-ortho nitro benzene ring substituents is 1. The van der Waals surface area contributed by atoms with Gasteiger partial charge in [0.1, 0.15) is 15.8 Å². The first-order valence-electron chi connectivity index (χ1n) is 7.51. The van der Waals surface area contributed by atoms with E-state index in [9.17, 15) is 14.9 Å². The zero-order chi connectivity index (χ0) is 18.1. The summed E-state index contributed by atoms with van der Waals surface area (Å²) < 4.78 is 6.30. The average Bonchev–Trinajstić information content (AvgIpc) is 3.13. The first-order valence-corrected chi connectivity index (χ1v) is 8.73. The molecule has 2 heterocycles. The third-order valence-corrected chi connectivity index (χ3v) is 5.17. The quantitative estimate of drug-likeness (QED) is 0.342. The summed E-state index contributed by atoms with van der Waals surface area (Å²) in [5.74, 6) is 0.873. The Morgan fingerprint density at radius 1 is 1.36 bits per heavy atom. The second-order valence-corrected chi connectivity index (χ2v) is 7.06. The van der Waals surface area contributed by atoms with E-state index >= 15 is 0 Å². The Morgan fingerprint density at radius 2 is 2.12 bits per heavy atom.